The summed E-state index contributed by atoms with van der Waals surface area (Å²) >= 11 is 0. The third kappa shape index (κ3) is 4.76. The third-order valence-corrected chi connectivity index (χ3v) is 3.35. The molecule has 0 aromatic heterocycles. The first-order valence-electron chi connectivity index (χ1n) is 7.51. The molecular formula is C19H18O7. The number of carbonyl (C=O) groups is 2. The molecule has 0 saturated heterocycles. The van der Waals surface area contributed by atoms with Gasteiger partial charge in [0.25, 0.3) is 6.47 Å². The molecule has 0 radical (unpaired) electrons. The molecule has 7 heteroatoms. The largest absolute Gasteiger partial charge is 0.493 e. The Hall–Kier alpha value is -3.48. The summed E-state index contributed by atoms with van der Waals surface area (Å²) in [6.07, 6.45) is 2.78. The lowest BCUT2D eigenvalue weighted by Gasteiger charge is -2.09. The van der Waals surface area contributed by atoms with Crippen molar-refractivity contribution < 1.29 is 33.3 Å². The highest BCUT2D eigenvalue weighted by Gasteiger charge is 2.08. The van der Waals surface area contributed by atoms with Crippen LogP contribution in [0.2, 0.25) is 0 Å². The normalized spacial score (nSPS) is 10.3. The predicted octanol–water partition coefficient (Wildman–Crippen LogP) is 2.87. The number of hydrogen-bond donors (Lipinski definition) is 0. The van der Waals surface area contributed by atoms with Gasteiger partial charge in [-0.15, -0.1) is 0 Å². The van der Waals surface area contributed by atoms with Crippen LogP contribution in [0.4, 0.5) is 0 Å². The highest BCUT2D eigenvalue weighted by atomic mass is 16.5. The number of benzene rings is 2. The van der Waals surface area contributed by atoms with Crippen molar-refractivity contribution in [1.82, 2.24) is 0 Å². The maximum Gasteiger partial charge on any atom is 0.336 e. The van der Waals surface area contributed by atoms with E-state index in [4.69, 9.17) is 23.7 Å². The van der Waals surface area contributed by atoms with Crippen molar-refractivity contribution in [2.24, 2.45) is 0 Å². The van der Waals surface area contributed by atoms with Crippen LogP contribution in [0.3, 0.4) is 0 Å². The van der Waals surface area contributed by atoms with E-state index in [9.17, 15) is 9.59 Å². The Kier molecular flexibility index (Phi) is 6.61. The highest BCUT2D eigenvalue weighted by molar-refractivity contribution is 5.89. The maximum absolute atomic E-state index is 12.0. The topological polar surface area (TPSA) is 80.3 Å². The second-order valence-corrected chi connectivity index (χ2v) is 4.90. The molecule has 0 N–H and O–H groups in total. The minimum absolute atomic E-state index is 0.248. The fraction of sp³-hybridized carbons (Fsp3) is 0.158. The molecule has 2 aromatic carbocycles. The monoisotopic (exact) mass is 358 g/mol. The Balaban J connectivity index is 2.10. The molecule has 0 unspecified atom stereocenters. The summed E-state index contributed by atoms with van der Waals surface area (Å²) in [7, 11) is 4.47. The van der Waals surface area contributed by atoms with Crippen molar-refractivity contribution in [3.8, 4) is 28.7 Å². The van der Waals surface area contributed by atoms with E-state index >= 15 is 0 Å². The lowest BCUT2D eigenvalue weighted by molar-refractivity contribution is -0.129. The quantitative estimate of drug-likeness (QED) is 0.311. The third-order valence-electron chi connectivity index (χ3n) is 3.35. The molecule has 0 atom stereocenters. The number of esters is 1. The summed E-state index contributed by atoms with van der Waals surface area (Å²) in [5.74, 6) is 1.37. The molecule has 0 aliphatic carbocycles. The first kappa shape index (κ1) is 18.9. The van der Waals surface area contributed by atoms with E-state index in [1.807, 2.05) is 0 Å². The molecule has 2 rings (SSSR count). The van der Waals surface area contributed by atoms with Gasteiger partial charge in [-0.3, -0.25) is 4.79 Å². The number of carbonyl (C=O) groups excluding carboxylic acids is 2. The first-order valence-corrected chi connectivity index (χ1v) is 7.51. The molecule has 136 valence electrons. The van der Waals surface area contributed by atoms with Gasteiger partial charge in [0, 0.05) is 12.1 Å². The molecule has 0 aliphatic heterocycles. The predicted molar refractivity (Wildman–Crippen MR) is 93.9 cm³/mol. The van der Waals surface area contributed by atoms with E-state index in [1.165, 1.54) is 33.5 Å². The smallest absolute Gasteiger partial charge is 0.336 e. The molecule has 26 heavy (non-hydrogen) atoms. The molecule has 0 aliphatic rings. The van der Waals surface area contributed by atoms with Crippen LogP contribution in [0.1, 0.15) is 5.56 Å². The zero-order valence-corrected chi connectivity index (χ0v) is 14.6. The van der Waals surface area contributed by atoms with E-state index in [0.29, 0.717) is 35.0 Å². The van der Waals surface area contributed by atoms with Gasteiger partial charge in [-0.1, -0.05) is 6.07 Å². The Bertz CT molecular complexity index is 812. The van der Waals surface area contributed by atoms with Gasteiger partial charge in [0.15, 0.2) is 23.0 Å². The van der Waals surface area contributed by atoms with Gasteiger partial charge in [-0.2, -0.15) is 0 Å². The highest BCUT2D eigenvalue weighted by Crippen LogP contribution is 2.31. The van der Waals surface area contributed by atoms with E-state index in [-0.39, 0.29) is 5.75 Å². The molecular weight excluding hydrogens is 340 g/mol. The minimum atomic E-state index is -0.578. The van der Waals surface area contributed by atoms with Crippen molar-refractivity contribution in [3.63, 3.8) is 0 Å². The van der Waals surface area contributed by atoms with E-state index in [2.05, 4.69) is 0 Å². The lowest BCUT2D eigenvalue weighted by atomic mass is 10.2. The zero-order valence-electron chi connectivity index (χ0n) is 14.6. The van der Waals surface area contributed by atoms with Crippen molar-refractivity contribution in [3.05, 3.63) is 48.0 Å². The molecule has 0 amide bonds. The summed E-state index contributed by atoms with van der Waals surface area (Å²) < 4.78 is 25.4. The van der Waals surface area contributed by atoms with Crippen LogP contribution < -0.4 is 23.7 Å². The summed E-state index contributed by atoms with van der Waals surface area (Å²) in [6, 6.07) is 9.67. The average molecular weight is 358 g/mol. The molecule has 0 bridgehead atoms. The number of rotatable bonds is 8. The minimum Gasteiger partial charge on any atom is -0.493 e. The fourth-order valence-corrected chi connectivity index (χ4v) is 2.14. The molecule has 7 nitrogen and oxygen atoms in total. The summed E-state index contributed by atoms with van der Waals surface area (Å²) in [5.41, 5.74) is 0.631. The maximum atomic E-state index is 12.0. The van der Waals surface area contributed by atoms with Crippen LogP contribution in [0.5, 0.6) is 28.7 Å². The molecule has 0 heterocycles. The van der Waals surface area contributed by atoms with Crippen molar-refractivity contribution in [2.75, 3.05) is 21.3 Å². The van der Waals surface area contributed by atoms with Gasteiger partial charge in [0.05, 0.1) is 21.3 Å². The van der Waals surface area contributed by atoms with Crippen LogP contribution in [-0.2, 0) is 9.59 Å². The number of methoxy groups -OCH3 is 3. The SMILES string of the molecule is COc1ccc(OC(=O)/C=C/c2ccc(OC)c(OC=O)c2)cc1OC. The van der Waals surface area contributed by atoms with Gasteiger partial charge in [-0.05, 0) is 35.9 Å². The standard InChI is InChI=1S/C19H18O7/c1-22-15-8-6-14(11-17(15)24-3)26-19(21)9-5-13-4-7-16(23-2)18(10-13)25-12-20/h4-12H,1-3H3/b9-5+. The summed E-state index contributed by atoms with van der Waals surface area (Å²) in [5, 5.41) is 0. The van der Waals surface area contributed by atoms with Crippen molar-refractivity contribution in [2.45, 2.75) is 0 Å². The van der Waals surface area contributed by atoms with Crippen molar-refractivity contribution >= 4 is 18.5 Å². The molecule has 0 saturated carbocycles. The summed E-state index contributed by atoms with van der Waals surface area (Å²) in [4.78, 5) is 22.5. The molecule has 0 fully saturated rings. The van der Waals surface area contributed by atoms with E-state index in [0.717, 1.165) is 0 Å². The molecule has 0 spiro atoms. The van der Waals surface area contributed by atoms with Crippen LogP contribution in [0.25, 0.3) is 6.08 Å². The van der Waals surface area contributed by atoms with E-state index < -0.39 is 5.97 Å². The van der Waals surface area contributed by atoms with Crippen LogP contribution in [-0.4, -0.2) is 33.8 Å². The van der Waals surface area contributed by atoms with Gasteiger partial charge in [-0.25, -0.2) is 4.79 Å². The second-order valence-electron chi connectivity index (χ2n) is 4.90. The fourth-order valence-electron chi connectivity index (χ4n) is 2.14. The summed E-state index contributed by atoms with van der Waals surface area (Å²) in [6.45, 7) is 0.302. The van der Waals surface area contributed by atoms with Gasteiger partial charge < -0.3 is 23.7 Å². The first-order chi connectivity index (χ1) is 12.6. The Morgan fingerprint density at radius 2 is 1.50 bits per heavy atom. The second kappa shape index (κ2) is 9.12. The van der Waals surface area contributed by atoms with Crippen molar-refractivity contribution in [1.29, 1.82) is 0 Å². The van der Waals surface area contributed by atoms with Gasteiger partial charge in [0.1, 0.15) is 5.75 Å². The van der Waals surface area contributed by atoms with Crippen LogP contribution in [0, 0.1) is 0 Å². The number of hydrogen-bond acceptors (Lipinski definition) is 7. The molecule has 2 aromatic rings. The Morgan fingerprint density at radius 1 is 0.846 bits per heavy atom. The Labute approximate surface area is 150 Å². The Morgan fingerprint density at radius 3 is 2.15 bits per heavy atom. The number of ether oxygens (including phenoxy) is 5. The lowest BCUT2D eigenvalue weighted by Crippen LogP contribution is -2.04. The van der Waals surface area contributed by atoms with E-state index in [1.54, 1.807) is 36.4 Å². The van der Waals surface area contributed by atoms with Crippen LogP contribution in [0.15, 0.2) is 42.5 Å². The van der Waals surface area contributed by atoms with Gasteiger partial charge >= 0.3 is 5.97 Å². The van der Waals surface area contributed by atoms with Gasteiger partial charge in [0.2, 0.25) is 0 Å². The van der Waals surface area contributed by atoms with Crippen LogP contribution >= 0.6 is 0 Å². The average Bonchev–Trinajstić information content (AvgIpc) is 2.66. The zero-order chi connectivity index (χ0) is 18.9.